The molecule has 1 heterocycles. The predicted molar refractivity (Wildman–Crippen MR) is 69.1 cm³/mol. The van der Waals surface area contributed by atoms with Gasteiger partial charge in [0.05, 0.1) is 17.1 Å². The van der Waals surface area contributed by atoms with Crippen LogP contribution in [0.3, 0.4) is 0 Å². The van der Waals surface area contributed by atoms with Gasteiger partial charge in [-0.3, -0.25) is 10.1 Å². The number of hydrogen-bond acceptors (Lipinski definition) is 5. The van der Waals surface area contributed by atoms with E-state index in [1.165, 1.54) is 12.1 Å². The van der Waals surface area contributed by atoms with E-state index in [1.54, 1.807) is 0 Å². The first-order valence-electron chi connectivity index (χ1n) is 6.27. The Morgan fingerprint density at radius 1 is 1.55 bits per heavy atom. The zero-order valence-electron chi connectivity index (χ0n) is 10.9. The zero-order chi connectivity index (χ0) is 14.7. The number of rotatable bonds is 5. The van der Waals surface area contributed by atoms with Crippen molar-refractivity contribution in [1.82, 2.24) is 0 Å². The summed E-state index contributed by atoms with van der Waals surface area (Å²) in [5.41, 5.74) is -0.495. The average molecular weight is 281 g/mol. The molecule has 0 spiro atoms. The maximum atomic E-state index is 11.1. The lowest BCUT2D eigenvalue weighted by Crippen LogP contribution is -2.18. The Balaban J connectivity index is 2.10. The van der Waals surface area contributed by atoms with Crippen molar-refractivity contribution in [2.45, 2.75) is 32.0 Å². The second kappa shape index (κ2) is 5.87. The standard InChI is InChI=1S/C13H15NO6/c1-8-2-4-10(20-8)7-19-12-5-3-9(14(17)18)6-11(12)13(15)16/h3,5-6,8,10H,2,4,7H2,1H3,(H,15,16). The van der Waals surface area contributed by atoms with Crippen LogP contribution in [0.15, 0.2) is 18.2 Å². The highest BCUT2D eigenvalue weighted by molar-refractivity contribution is 5.91. The summed E-state index contributed by atoms with van der Waals surface area (Å²) in [6, 6.07) is 3.52. The van der Waals surface area contributed by atoms with E-state index < -0.39 is 10.9 Å². The number of nitrogens with zero attached hydrogens (tertiary/aromatic N) is 1. The topological polar surface area (TPSA) is 98.9 Å². The molecule has 0 aromatic heterocycles. The van der Waals surface area contributed by atoms with Crippen molar-refractivity contribution >= 4 is 11.7 Å². The Hall–Kier alpha value is -2.15. The molecule has 1 aromatic carbocycles. The number of carboxylic acid groups (broad SMARTS) is 1. The van der Waals surface area contributed by atoms with E-state index in [9.17, 15) is 14.9 Å². The maximum Gasteiger partial charge on any atom is 0.339 e. The van der Waals surface area contributed by atoms with Crippen LogP contribution in [0.5, 0.6) is 5.75 Å². The quantitative estimate of drug-likeness (QED) is 0.656. The molecule has 2 atom stereocenters. The number of non-ortho nitro benzene ring substituents is 1. The van der Waals surface area contributed by atoms with E-state index in [0.29, 0.717) is 0 Å². The number of nitro benzene ring substituents is 1. The molecule has 1 aromatic rings. The van der Waals surface area contributed by atoms with Gasteiger partial charge in [-0.25, -0.2) is 4.79 Å². The van der Waals surface area contributed by atoms with Gasteiger partial charge in [-0.15, -0.1) is 0 Å². The smallest absolute Gasteiger partial charge is 0.339 e. The number of aromatic carboxylic acids is 1. The predicted octanol–water partition coefficient (Wildman–Crippen LogP) is 2.24. The maximum absolute atomic E-state index is 11.1. The fourth-order valence-corrected chi connectivity index (χ4v) is 2.12. The van der Waals surface area contributed by atoms with Crippen molar-refractivity contribution < 1.29 is 24.3 Å². The molecule has 20 heavy (non-hydrogen) atoms. The van der Waals surface area contributed by atoms with Gasteiger partial charge < -0.3 is 14.6 Å². The van der Waals surface area contributed by atoms with Crippen LogP contribution in [0.25, 0.3) is 0 Å². The van der Waals surface area contributed by atoms with Crippen LogP contribution in [-0.4, -0.2) is 34.8 Å². The molecule has 7 heteroatoms. The molecule has 2 rings (SSSR count). The molecule has 1 saturated heterocycles. The number of ether oxygens (including phenoxy) is 2. The molecule has 0 radical (unpaired) electrons. The number of nitro groups is 1. The molecule has 0 saturated carbocycles. The average Bonchev–Trinajstić information content (AvgIpc) is 2.81. The molecule has 1 N–H and O–H groups in total. The summed E-state index contributed by atoms with van der Waals surface area (Å²) in [6.07, 6.45) is 1.91. The lowest BCUT2D eigenvalue weighted by atomic mass is 10.1. The van der Waals surface area contributed by atoms with Gasteiger partial charge in [0.2, 0.25) is 0 Å². The van der Waals surface area contributed by atoms with E-state index in [-0.39, 0.29) is 35.8 Å². The molecule has 0 bridgehead atoms. The van der Waals surface area contributed by atoms with Crippen molar-refractivity contribution in [2.75, 3.05) is 6.61 Å². The Kier molecular flexibility index (Phi) is 4.19. The van der Waals surface area contributed by atoms with Crippen LogP contribution in [-0.2, 0) is 4.74 Å². The summed E-state index contributed by atoms with van der Waals surface area (Å²) in [6.45, 7) is 2.21. The molecule has 7 nitrogen and oxygen atoms in total. The summed E-state index contributed by atoms with van der Waals surface area (Å²) >= 11 is 0. The number of carbonyl (C=O) groups is 1. The molecular formula is C13H15NO6. The van der Waals surface area contributed by atoms with Crippen molar-refractivity contribution in [3.8, 4) is 5.75 Å². The van der Waals surface area contributed by atoms with Crippen LogP contribution in [0.4, 0.5) is 5.69 Å². The van der Waals surface area contributed by atoms with E-state index in [4.69, 9.17) is 14.6 Å². The zero-order valence-corrected chi connectivity index (χ0v) is 10.9. The fourth-order valence-electron chi connectivity index (χ4n) is 2.12. The van der Waals surface area contributed by atoms with Gasteiger partial charge in [0.25, 0.3) is 5.69 Å². The Morgan fingerprint density at radius 2 is 2.30 bits per heavy atom. The summed E-state index contributed by atoms with van der Waals surface area (Å²) < 4.78 is 11.0. The largest absolute Gasteiger partial charge is 0.490 e. The van der Waals surface area contributed by atoms with Crippen LogP contribution in [0, 0.1) is 10.1 Å². The summed E-state index contributed by atoms with van der Waals surface area (Å²) in [5.74, 6) is -1.14. The summed E-state index contributed by atoms with van der Waals surface area (Å²) in [5, 5.41) is 19.7. The monoisotopic (exact) mass is 281 g/mol. The van der Waals surface area contributed by atoms with E-state index >= 15 is 0 Å². The van der Waals surface area contributed by atoms with Crippen LogP contribution in [0.1, 0.15) is 30.1 Å². The van der Waals surface area contributed by atoms with Gasteiger partial charge in [-0.1, -0.05) is 0 Å². The molecule has 2 unspecified atom stereocenters. The highest BCUT2D eigenvalue weighted by Gasteiger charge is 2.23. The van der Waals surface area contributed by atoms with Gasteiger partial charge in [-0.2, -0.15) is 0 Å². The third-order valence-corrected chi connectivity index (χ3v) is 3.15. The third-order valence-electron chi connectivity index (χ3n) is 3.15. The van der Waals surface area contributed by atoms with E-state index in [0.717, 1.165) is 18.9 Å². The number of hydrogen-bond donors (Lipinski definition) is 1. The lowest BCUT2D eigenvalue weighted by molar-refractivity contribution is -0.384. The van der Waals surface area contributed by atoms with Crippen molar-refractivity contribution in [3.63, 3.8) is 0 Å². The second-order valence-electron chi connectivity index (χ2n) is 4.70. The highest BCUT2D eigenvalue weighted by Crippen LogP contribution is 2.26. The van der Waals surface area contributed by atoms with Crippen LogP contribution >= 0.6 is 0 Å². The molecule has 0 aliphatic carbocycles. The van der Waals surface area contributed by atoms with Crippen LogP contribution < -0.4 is 4.74 Å². The molecule has 1 aliphatic heterocycles. The van der Waals surface area contributed by atoms with E-state index in [1.807, 2.05) is 6.92 Å². The minimum Gasteiger partial charge on any atom is -0.490 e. The molecule has 108 valence electrons. The lowest BCUT2D eigenvalue weighted by Gasteiger charge is -2.14. The van der Waals surface area contributed by atoms with Gasteiger partial charge >= 0.3 is 5.97 Å². The molecule has 1 aliphatic rings. The Morgan fingerprint density at radius 3 is 2.85 bits per heavy atom. The minimum absolute atomic E-state index is 0.0677. The van der Waals surface area contributed by atoms with Gasteiger partial charge in [0, 0.05) is 12.1 Å². The van der Waals surface area contributed by atoms with Gasteiger partial charge in [0.1, 0.15) is 17.9 Å². The first-order chi connectivity index (χ1) is 9.47. The first kappa shape index (κ1) is 14.3. The Bertz CT molecular complexity index is 530. The molecule has 0 amide bonds. The SMILES string of the molecule is CC1CCC(COc2ccc([N+](=O)[O-])cc2C(=O)O)O1. The second-order valence-corrected chi connectivity index (χ2v) is 4.70. The summed E-state index contributed by atoms with van der Waals surface area (Å²) in [7, 11) is 0. The number of benzene rings is 1. The highest BCUT2D eigenvalue weighted by atomic mass is 16.6. The van der Waals surface area contributed by atoms with Crippen molar-refractivity contribution in [3.05, 3.63) is 33.9 Å². The third kappa shape index (κ3) is 3.24. The normalized spacial score (nSPS) is 21.6. The first-order valence-corrected chi connectivity index (χ1v) is 6.27. The van der Waals surface area contributed by atoms with E-state index in [2.05, 4.69) is 0 Å². The van der Waals surface area contributed by atoms with Crippen molar-refractivity contribution in [1.29, 1.82) is 0 Å². The fraction of sp³-hybridized carbons (Fsp3) is 0.462. The summed E-state index contributed by atoms with van der Waals surface area (Å²) in [4.78, 5) is 21.1. The van der Waals surface area contributed by atoms with Gasteiger partial charge in [0.15, 0.2) is 0 Å². The molecular weight excluding hydrogens is 266 g/mol. The number of carboxylic acids is 1. The minimum atomic E-state index is -1.26. The molecule has 1 fully saturated rings. The van der Waals surface area contributed by atoms with Gasteiger partial charge in [-0.05, 0) is 25.8 Å². The van der Waals surface area contributed by atoms with Crippen LogP contribution in [0.2, 0.25) is 0 Å². The van der Waals surface area contributed by atoms with Crippen molar-refractivity contribution in [2.24, 2.45) is 0 Å². The Labute approximate surface area is 115 Å².